The first-order chi connectivity index (χ1) is 12.5. The minimum Gasteiger partial charge on any atom is -0.485 e. The van der Waals surface area contributed by atoms with Crippen molar-refractivity contribution < 1.29 is 13.2 Å². The number of anilines is 1. The van der Waals surface area contributed by atoms with Crippen molar-refractivity contribution >= 4 is 15.7 Å². The normalized spacial score (nSPS) is 16.7. The zero-order valence-corrected chi connectivity index (χ0v) is 15.6. The summed E-state index contributed by atoms with van der Waals surface area (Å²) in [5, 5.41) is 8.85. The molecule has 0 fully saturated rings. The van der Waals surface area contributed by atoms with Crippen molar-refractivity contribution in [2.24, 2.45) is 0 Å². The third-order valence-electron chi connectivity index (χ3n) is 4.46. The molecule has 26 heavy (non-hydrogen) atoms. The molecule has 0 amide bonds. The van der Waals surface area contributed by atoms with Crippen LogP contribution >= 0.6 is 0 Å². The molecule has 1 atom stereocenters. The first kappa shape index (κ1) is 18.2. The number of sulfonamides is 1. The summed E-state index contributed by atoms with van der Waals surface area (Å²) in [4.78, 5) is 2.36. The molecule has 136 valence electrons. The van der Waals surface area contributed by atoms with Gasteiger partial charge in [-0.1, -0.05) is 12.1 Å². The average molecular weight is 371 g/mol. The van der Waals surface area contributed by atoms with E-state index in [4.69, 9.17) is 10.00 Å². The summed E-state index contributed by atoms with van der Waals surface area (Å²) in [6, 6.07) is 15.7. The smallest absolute Gasteiger partial charge is 0.242 e. The third kappa shape index (κ3) is 3.52. The minimum absolute atomic E-state index is 0.169. The molecule has 1 aliphatic heterocycles. The van der Waals surface area contributed by atoms with Gasteiger partial charge in [0, 0.05) is 13.6 Å². The molecule has 0 radical (unpaired) electrons. The Hall–Kier alpha value is -2.56. The second-order valence-corrected chi connectivity index (χ2v) is 8.21. The zero-order valence-electron chi connectivity index (χ0n) is 14.8. The molecule has 0 aromatic heterocycles. The SMILES string of the molecule is CCN1C[C@@H](CN(C)S(=O)(=O)c2ccc(C#N)cc2)Oc2ccccc21. The van der Waals surface area contributed by atoms with Gasteiger partial charge in [-0.25, -0.2) is 8.42 Å². The molecule has 6 nitrogen and oxygen atoms in total. The van der Waals surface area contributed by atoms with Crippen LogP contribution in [0.3, 0.4) is 0 Å². The van der Waals surface area contributed by atoms with Gasteiger partial charge in [-0.3, -0.25) is 0 Å². The number of fused-ring (bicyclic) bond motifs is 1. The Bertz CT molecular complexity index is 920. The molecule has 0 N–H and O–H groups in total. The van der Waals surface area contributed by atoms with E-state index in [2.05, 4.69) is 11.8 Å². The van der Waals surface area contributed by atoms with Crippen LogP contribution in [0, 0.1) is 11.3 Å². The Morgan fingerprint density at radius 3 is 2.58 bits per heavy atom. The number of nitriles is 1. The number of rotatable bonds is 5. The minimum atomic E-state index is -3.64. The maximum atomic E-state index is 12.8. The van der Waals surface area contributed by atoms with E-state index >= 15 is 0 Å². The molecule has 0 unspecified atom stereocenters. The van der Waals surface area contributed by atoms with Crippen LogP contribution in [0.4, 0.5) is 5.69 Å². The van der Waals surface area contributed by atoms with Crippen molar-refractivity contribution in [1.29, 1.82) is 5.26 Å². The largest absolute Gasteiger partial charge is 0.485 e. The lowest BCUT2D eigenvalue weighted by atomic mass is 10.2. The molecule has 0 bridgehead atoms. The van der Waals surface area contributed by atoms with Gasteiger partial charge in [0.2, 0.25) is 10.0 Å². The number of likely N-dealkylation sites (N-methyl/N-ethyl adjacent to an activating group) is 2. The highest BCUT2D eigenvalue weighted by Gasteiger charge is 2.29. The first-order valence-corrected chi connectivity index (χ1v) is 9.87. The van der Waals surface area contributed by atoms with E-state index in [0.717, 1.165) is 18.0 Å². The molecule has 0 spiro atoms. The number of nitrogens with zero attached hydrogens (tertiary/aromatic N) is 3. The van der Waals surface area contributed by atoms with E-state index in [9.17, 15) is 8.42 Å². The van der Waals surface area contributed by atoms with Crippen LogP contribution in [0.2, 0.25) is 0 Å². The molecule has 7 heteroatoms. The van der Waals surface area contributed by atoms with Gasteiger partial charge in [0.1, 0.15) is 11.9 Å². The second kappa shape index (κ2) is 7.36. The highest BCUT2D eigenvalue weighted by Crippen LogP contribution is 2.33. The van der Waals surface area contributed by atoms with Gasteiger partial charge < -0.3 is 9.64 Å². The molecule has 0 saturated heterocycles. The predicted molar refractivity (Wildman–Crippen MR) is 99.7 cm³/mol. The quantitative estimate of drug-likeness (QED) is 0.807. The summed E-state index contributed by atoms with van der Waals surface area (Å²) in [7, 11) is -2.09. The van der Waals surface area contributed by atoms with Gasteiger partial charge in [-0.2, -0.15) is 9.57 Å². The van der Waals surface area contributed by atoms with Gasteiger partial charge in [0.15, 0.2) is 0 Å². The van der Waals surface area contributed by atoms with Crippen molar-refractivity contribution in [3.8, 4) is 11.8 Å². The standard InChI is InChI=1S/C19H21N3O3S/c1-3-22-14-16(25-19-7-5-4-6-18(19)22)13-21(2)26(23,24)17-10-8-15(12-20)9-11-17/h4-11,16H,3,13-14H2,1-2H3/t16-/m1/s1. The van der Waals surface area contributed by atoms with Crippen LogP contribution < -0.4 is 9.64 Å². The summed E-state index contributed by atoms with van der Waals surface area (Å²) in [5.41, 5.74) is 1.46. The van der Waals surface area contributed by atoms with E-state index in [1.165, 1.54) is 28.6 Å². The Morgan fingerprint density at radius 2 is 1.92 bits per heavy atom. The van der Waals surface area contributed by atoms with Gasteiger partial charge >= 0.3 is 0 Å². The van der Waals surface area contributed by atoms with Crippen molar-refractivity contribution in [2.75, 3.05) is 31.6 Å². The molecular weight excluding hydrogens is 350 g/mol. The fourth-order valence-electron chi connectivity index (χ4n) is 3.04. The summed E-state index contributed by atoms with van der Waals surface area (Å²) in [6.45, 7) is 3.76. The molecule has 2 aromatic rings. The number of hydrogen-bond acceptors (Lipinski definition) is 5. The predicted octanol–water partition coefficient (Wildman–Crippen LogP) is 2.47. The fourth-order valence-corrected chi connectivity index (χ4v) is 4.24. The lowest BCUT2D eigenvalue weighted by molar-refractivity contribution is 0.171. The van der Waals surface area contributed by atoms with E-state index in [-0.39, 0.29) is 17.5 Å². The molecule has 0 saturated carbocycles. The summed E-state index contributed by atoms with van der Waals surface area (Å²) in [5.74, 6) is 0.773. The van der Waals surface area contributed by atoms with E-state index in [1.54, 1.807) is 7.05 Å². The van der Waals surface area contributed by atoms with Gasteiger partial charge in [-0.15, -0.1) is 0 Å². The molecular formula is C19H21N3O3S. The van der Waals surface area contributed by atoms with E-state index < -0.39 is 10.0 Å². The topological polar surface area (TPSA) is 73.6 Å². The van der Waals surface area contributed by atoms with Gasteiger partial charge in [-0.05, 0) is 43.3 Å². The first-order valence-electron chi connectivity index (χ1n) is 8.43. The van der Waals surface area contributed by atoms with E-state index in [1.807, 2.05) is 30.3 Å². The van der Waals surface area contributed by atoms with Crippen LogP contribution in [-0.4, -0.2) is 45.5 Å². The maximum Gasteiger partial charge on any atom is 0.242 e. The third-order valence-corrected chi connectivity index (χ3v) is 6.30. The van der Waals surface area contributed by atoms with Crippen LogP contribution in [0.1, 0.15) is 12.5 Å². The lowest BCUT2D eigenvalue weighted by Crippen LogP contribution is -2.46. The fraction of sp³-hybridized carbons (Fsp3) is 0.316. The van der Waals surface area contributed by atoms with Crippen molar-refractivity contribution in [1.82, 2.24) is 4.31 Å². The Morgan fingerprint density at radius 1 is 1.23 bits per heavy atom. The number of para-hydroxylation sites is 2. The molecule has 2 aromatic carbocycles. The molecule has 3 rings (SSSR count). The van der Waals surface area contributed by atoms with Crippen molar-refractivity contribution in [3.05, 3.63) is 54.1 Å². The van der Waals surface area contributed by atoms with Crippen molar-refractivity contribution in [3.63, 3.8) is 0 Å². The molecule has 0 aliphatic carbocycles. The second-order valence-electron chi connectivity index (χ2n) is 6.17. The maximum absolute atomic E-state index is 12.8. The zero-order chi connectivity index (χ0) is 18.7. The number of benzene rings is 2. The van der Waals surface area contributed by atoms with Crippen LogP contribution in [0.5, 0.6) is 5.75 Å². The summed E-state index contributed by atoms with van der Waals surface area (Å²) < 4.78 is 32.9. The summed E-state index contributed by atoms with van der Waals surface area (Å²) >= 11 is 0. The highest BCUT2D eigenvalue weighted by atomic mass is 32.2. The van der Waals surface area contributed by atoms with Gasteiger partial charge in [0.25, 0.3) is 0 Å². The van der Waals surface area contributed by atoms with Crippen LogP contribution in [0.15, 0.2) is 53.4 Å². The number of hydrogen-bond donors (Lipinski definition) is 0. The summed E-state index contributed by atoms with van der Waals surface area (Å²) in [6.07, 6.45) is -0.261. The molecule has 1 aliphatic rings. The Labute approximate surface area is 154 Å². The Kier molecular flexibility index (Phi) is 5.16. The van der Waals surface area contributed by atoms with Crippen LogP contribution in [0.25, 0.3) is 0 Å². The average Bonchev–Trinajstić information content (AvgIpc) is 2.67. The van der Waals surface area contributed by atoms with Crippen molar-refractivity contribution in [2.45, 2.75) is 17.9 Å². The molecule has 1 heterocycles. The van der Waals surface area contributed by atoms with Crippen LogP contribution in [-0.2, 0) is 10.0 Å². The highest BCUT2D eigenvalue weighted by molar-refractivity contribution is 7.89. The number of ether oxygens (including phenoxy) is 1. The monoisotopic (exact) mass is 371 g/mol. The van der Waals surface area contributed by atoms with Gasteiger partial charge in [0.05, 0.1) is 35.3 Å². The Balaban J connectivity index is 1.77. The van der Waals surface area contributed by atoms with E-state index in [0.29, 0.717) is 12.1 Å². The lowest BCUT2D eigenvalue weighted by Gasteiger charge is -2.36.